The Bertz CT molecular complexity index is 580. The number of halogens is 1. The Hall–Kier alpha value is -1.86. The Morgan fingerprint density at radius 1 is 1.25 bits per heavy atom. The molecule has 106 valence electrons. The zero-order chi connectivity index (χ0) is 14.4. The van der Waals surface area contributed by atoms with Crippen molar-refractivity contribution >= 4 is 33.3 Å². The summed E-state index contributed by atoms with van der Waals surface area (Å²) in [6, 6.07) is 7.43. The van der Waals surface area contributed by atoms with Gasteiger partial charge < -0.3 is 20.5 Å². The first kappa shape index (κ1) is 14.5. The molecular weight excluding hydrogens is 324 g/mol. The molecule has 0 saturated heterocycles. The van der Waals surface area contributed by atoms with Crippen molar-refractivity contribution in [3.05, 3.63) is 35.1 Å². The lowest BCUT2D eigenvalue weighted by Gasteiger charge is -2.11. The number of methoxy groups -OCH3 is 1. The van der Waals surface area contributed by atoms with Crippen LogP contribution >= 0.6 is 15.9 Å². The second kappa shape index (κ2) is 7.06. The van der Waals surface area contributed by atoms with Gasteiger partial charge in [-0.25, -0.2) is 9.97 Å². The molecule has 0 aliphatic heterocycles. The maximum absolute atomic E-state index is 8.79. The van der Waals surface area contributed by atoms with E-state index in [0.717, 1.165) is 15.9 Å². The molecule has 7 heteroatoms. The van der Waals surface area contributed by atoms with Crippen LogP contribution in [0, 0.1) is 0 Å². The molecule has 0 spiro atoms. The highest BCUT2D eigenvalue weighted by atomic mass is 79.9. The lowest BCUT2D eigenvalue weighted by atomic mass is 10.3. The van der Waals surface area contributed by atoms with Crippen LogP contribution in [0.3, 0.4) is 0 Å². The van der Waals surface area contributed by atoms with Crippen molar-refractivity contribution in [2.24, 2.45) is 0 Å². The fraction of sp³-hybridized carbons (Fsp3) is 0.231. The van der Waals surface area contributed by atoms with Crippen LogP contribution in [0.15, 0.2) is 35.1 Å². The molecule has 0 bridgehead atoms. The Morgan fingerprint density at radius 3 is 2.80 bits per heavy atom. The third kappa shape index (κ3) is 3.82. The van der Waals surface area contributed by atoms with Gasteiger partial charge in [0.15, 0.2) is 0 Å². The highest BCUT2D eigenvalue weighted by molar-refractivity contribution is 9.10. The number of ether oxygens (including phenoxy) is 1. The molecule has 0 amide bonds. The topological polar surface area (TPSA) is 79.3 Å². The highest BCUT2D eigenvalue weighted by Crippen LogP contribution is 2.30. The molecule has 0 aliphatic carbocycles. The smallest absolute Gasteiger partial charge is 0.142 e. The van der Waals surface area contributed by atoms with E-state index in [1.165, 1.54) is 6.33 Å². The molecule has 20 heavy (non-hydrogen) atoms. The average Bonchev–Trinajstić information content (AvgIpc) is 2.46. The van der Waals surface area contributed by atoms with Gasteiger partial charge >= 0.3 is 0 Å². The molecule has 0 fully saturated rings. The third-order valence-electron chi connectivity index (χ3n) is 2.51. The number of hydrogen-bond acceptors (Lipinski definition) is 6. The Kier molecular flexibility index (Phi) is 5.14. The van der Waals surface area contributed by atoms with Crippen LogP contribution in [0.5, 0.6) is 5.75 Å². The van der Waals surface area contributed by atoms with Crippen molar-refractivity contribution in [3.63, 3.8) is 0 Å². The largest absolute Gasteiger partial charge is 0.495 e. The highest BCUT2D eigenvalue weighted by Gasteiger charge is 2.05. The van der Waals surface area contributed by atoms with Gasteiger partial charge in [0, 0.05) is 17.1 Å². The number of benzene rings is 1. The van der Waals surface area contributed by atoms with Crippen molar-refractivity contribution in [2.75, 3.05) is 30.9 Å². The molecular formula is C13H15BrN4O2. The number of nitrogens with one attached hydrogen (secondary N) is 2. The molecule has 0 aliphatic rings. The maximum atomic E-state index is 8.79. The van der Waals surface area contributed by atoms with E-state index < -0.39 is 0 Å². The summed E-state index contributed by atoms with van der Waals surface area (Å²) in [5.74, 6) is 2.00. The summed E-state index contributed by atoms with van der Waals surface area (Å²) < 4.78 is 6.23. The van der Waals surface area contributed by atoms with Crippen LogP contribution in [0.2, 0.25) is 0 Å². The molecule has 3 N–H and O–H groups in total. The van der Waals surface area contributed by atoms with Crippen molar-refractivity contribution < 1.29 is 9.84 Å². The zero-order valence-corrected chi connectivity index (χ0v) is 12.5. The average molecular weight is 339 g/mol. The summed E-state index contributed by atoms with van der Waals surface area (Å²) in [5.41, 5.74) is 0.800. The predicted molar refractivity (Wildman–Crippen MR) is 81.6 cm³/mol. The van der Waals surface area contributed by atoms with Crippen LogP contribution in [-0.4, -0.2) is 35.3 Å². The van der Waals surface area contributed by atoms with E-state index in [0.29, 0.717) is 18.2 Å². The zero-order valence-electron chi connectivity index (χ0n) is 10.9. The molecule has 0 atom stereocenters. The maximum Gasteiger partial charge on any atom is 0.142 e. The van der Waals surface area contributed by atoms with Crippen LogP contribution in [0.1, 0.15) is 0 Å². The SMILES string of the molecule is COc1ccc(Br)cc1Nc1cc(NCCO)ncn1. The van der Waals surface area contributed by atoms with E-state index >= 15 is 0 Å². The fourth-order valence-corrected chi connectivity index (χ4v) is 1.98. The number of hydrogen-bond donors (Lipinski definition) is 3. The lowest BCUT2D eigenvalue weighted by molar-refractivity contribution is 0.311. The minimum atomic E-state index is 0.0478. The molecule has 1 heterocycles. The van der Waals surface area contributed by atoms with Crippen molar-refractivity contribution in [2.45, 2.75) is 0 Å². The quantitative estimate of drug-likeness (QED) is 0.750. The number of nitrogens with zero attached hydrogens (tertiary/aromatic N) is 2. The number of rotatable bonds is 6. The summed E-state index contributed by atoms with van der Waals surface area (Å²) in [5, 5.41) is 14.9. The van der Waals surface area contributed by atoms with Gasteiger partial charge in [-0.3, -0.25) is 0 Å². The van der Waals surface area contributed by atoms with Gasteiger partial charge in [-0.05, 0) is 18.2 Å². The van der Waals surface area contributed by atoms with Crippen molar-refractivity contribution in [1.82, 2.24) is 9.97 Å². The van der Waals surface area contributed by atoms with Gasteiger partial charge in [0.1, 0.15) is 23.7 Å². The first-order valence-electron chi connectivity index (χ1n) is 6.00. The molecule has 2 rings (SSSR count). The van der Waals surface area contributed by atoms with Gasteiger partial charge in [0.25, 0.3) is 0 Å². The summed E-state index contributed by atoms with van der Waals surface area (Å²) in [6.45, 7) is 0.489. The van der Waals surface area contributed by atoms with Crippen molar-refractivity contribution in [3.8, 4) is 5.75 Å². The van der Waals surface area contributed by atoms with E-state index in [9.17, 15) is 0 Å². The number of anilines is 3. The number of aliphatic hydroxyl groups is 1. The normalized spacial score (nSPS) is 10.2. The molecule has 0 saturated carbocycles. The number of aromatic nitrogens is 2. The van der Waals surface area contributed by atoms with E-state index in [-0.39, 0.29) is 6.61 Å². The minimum absolute atomic E-state index is 0.0478. The standard InChI is InChI=1S/C13H15BrN4O2/c1-20-11-3-2-9(14)6-10(11)18-13-7-12(15-4-5-19)16-8-17-13/h2-3,6-8,19H,4-5H2,1H3,(H2,15,16,17,18). The molecule has 0 unspecified atom stereocenters. The van der Waals surface area contributed by atoms with E-state index in [2.05, 4.69) is 36.5 Å². The summed E-state index contributed by atoms with van der Waals surface area (Å²) >= 11 is 3.42. The van der Waals surface area contributed by atoms with Crippen LogP contribution in [0.25, 0.3) is 0 Å². The third-order valence-corrected chi connectivity index (χ3v) is 3.00. The second-order valence-electron chi connectivity index (χ2n) is 3.91. The first-order valence-corrected chi connectivity index (χ1v) is 6.79. The van der Waals surface area contributed by atoms with E-state index in [1.807, 2.05) is 18.2 Å². The predicted octanol–water partition coefficient (Wildman–Crippen LogP) is 2.40. The fourth-order valence-electron chi connectivity index (χ4n) is 1.62. The van der Waals surface area contributed by atoms with Crippen molar-refractivity contribution in [1.29, 1.82) is 0 Å². The Morgan fingerprint density at radius 2 is 2.05 bits per heavy atom. The van der Waals surface area contributed by atoms with E-state index in [1.54, 1.807) is 13.2 Å². The summed E-state index contributed by atoms with van der Waals surface area (Å²) in [7, 11) is 1.61. The second-order valence-corrected chi connectivity index (χ2v) is 4.82. The Labute approximate surface area is 125 Å². The van der Waals surface area contributed by atoms with Gasteiger partial charge in [-0.2, -0.15) is 0 Å². The molecule has 1 aromatic carbocycles. The minimum Gasteiger partial charge on any atom is -0.495 e. The van der Waals surface area contributed by atoms with Crippen LogP contribution < -0.4 is 15.4 Å². The van der Waals surface area contributed by atoms with Gasteiger partial charge in [0.2, 0.25) is 0 Å². The van der Waals surface area contributed by atoms with Crippen LogP contribution in [-0.2, 0) is 0 Å². The lowest BCUT2D eigenvalue weighted by Crippen LogP contribution is -2.07. The molecule has 0 radical (unpaired) electrons. The number of aliphatic hydroxyl groups excluding tert-OH is 1. The summed E-state index contributed by atoms with van der Waals surface area (Å²) in [4.78, 5) is 8.22. The molecule has 2 aromatic rings. The molecule has 1 aromatic heterocycles. The Balaban J connectivity index is 2.19. The van der Waals surface area contributed by atoms with Crippen LogP contribution in [0.4, 0.5) is 17.3 Å². The van der Waals surface area contributed by atoms with Gasteiger partial charge in [0.05, 0.1) is 19.4 Å². The summed E-state index contributed by atoms with van der Waals surface area (Å²) in [6.07, 6.45) is 1.45. The monoisotopic (exact) mass is 338 g/mol. The van der Waals surface area contributed by atoms with Gasteiger partial charge in [-0.15, -0.1) is 0 Å². The first-order chi connectivity index (χ1) is 9.72. The van der Waals surface area contributed by atoms with Gasteiger partial charge in [-0.1, -0.05) is 15.9 Å². The van der Waals surface area contributed by atoms with E-state index in [4.69, 9.17) is 9.84 Å². The molecule has 6 nitrogen and oxygen atoms in total.